The lowest BCUT2D eigenvalue weighted by Crippen LogP contribution is -1.85. The van der Waals surface area contributed by atoms with Crippen LogP contribution in [0.5, 0.6) is 0 Å². The molecule has 0 saturated carbocycles. The molecular weight excluding hydrogens is 657 g/mol. The molecule has 0 amide bonds. The Labute approximate surface area is 310 Å². The van der Waals surface area contributed by atoms with E-state index in [9.17, 15) is 0 Å². The van der Waals surface area contributed by atoms with Gasteiger partial charge < -0.3 is 8.83 Å². The number of rotatable bonds is 3. The molecule has 250 valence electrons. The van der Waals surface area contributed by atoms with Crippen molar-refractivity contribution in [3.8, 4) is 33.4 Å². The highest BCUT2D eigenvalue weighted by molar-refractivity contribution is 6.25. The fourth-order valence-electron chi connectivity index (χ4n) is 8.72. The quantitative estimate of drug-likeness (QED) is 0.173. The molecule has 54 heavy (non-hydrogen) atoms. The van der Waals surface area contributed by atoms with E-state index in [1.54, 1.807) is 0 Å². The molecule has 2 heteroatoms. The molecule has 0 spiro atoms. The summed E-state index contributed by atoms with van der Waals surface area (Å²) in [6, 6.07) is 65.8. The van der Waals surface area contributed by atoms with E-state index < -0.39 is 0 Å². The van der Waals surface area contributed by atoms with Crippen molar-refractivity contribution in [1.29, 1.82) is 0 Å². The Bertz CT molecular complexity index is 3450. The van der Waals surface area contributed by atoms with E-state index in [1.165, 1.54) is 70.9 Å². The summed E-state index contributed by atoms with van der Waals surface area (Å²) < 4.78 is 12.5. The summed E-state index contributed by atoms with van der Waals surface area (Å²) in [5.74, 6) is 0. The van der Waals surface area contributed by atoms with E-state index in [2.05, 4.69) is 164 Å². The van der Waals surface area contributed by atoms with Crippen molar-refractivity contribution in [2.75, 3.05) is 0 Å². The van der Waals surface area contributed by atoms with Crippen LogP contribution in [-0.2, 0) is 0 Å². The molecule has 0 aliphatic rings. The molecule has 2 aromatic heterocycles. The van der Waals surface area contributed by atoms with E-state index >= 15 is 0 Å². The van der Waals surface area contributed by atoms with Crippen LogP contribution >= 0.6 is 0 Å². The first-order chi connectivity index (χ1) is 26.7. The molecule has 0 radical (unpaired) electrons. The molecule has 0 unspecified atom stereocenters. The van der Waals surface area contributed by atoms with E-state index in [0.717, 1.165) is 49.4 Å². The lowest BCUT2D eigenvalue weighted by atomic mass is 9.91. The largest absolute Gasteiger partial charge is 0.456 e. The molecule has 0 bridgehead atoms. The third kappa shape index (κ3) is 4.41. The number of benzene rings is 10. The Morgan fingerprint density at radius 1 is 0.204 bits per heavy atom. The highest BCUT2D eigenvalue weighted by Gasteiger charge is 2.15. The van der Waals surface area contributed by atoms with Crippen molar-refractivity contribution in [3.05, 3.63) is 182 Å². The van der Waals surface area contributed by atoms with Gasteiger partial charge in [-0.1, -0.05) is 133 Å². The second kappa shape index (κ2) is 11.2. The van der Waals surface area contributed by atoms with Crippen LogP contribution in [0.3, 0.4) is 0 Å². The third-order valence-electron chi connectivity index (χ3n) is 11.4. The van der Waals surface area contributed by atoms with Gasteiger partial charge in [0, 0.05) is 21.5 Å². The minimum Gasteiger partial charge on any atom is -0.456 e. The molecule has 12 aromatic rings. The van der Waals surface area contributed by atoms with Crippen LogP contribution in [0.25, 0.3) is 120 Å². The normalized spacial score (nSPS) is 12.1. The fourth-order valence-corrected chi connectivity index (χ4v) is 8.72. The van der Waals surface area contributed by atoms with Crippen molar-refractivity contribution in [2.24, 2.45) is 0 Å². The van der Waals surface area contributed by atoms with Crippen molar-refractivity contribution >= 4 is 87.0 Å². The molecule has 0 saturated heterocycles. The number of hydrogen-bond acceptors (Lipinski definition) is 2. The molecule has 0 fully saturated rings. The van der Waals surface area contributed by atoms with E-state index in [0.29, 0.717) is 0 Å². The number of hydrogen-bond donors (Lipinski definition) is 0. The summed E-state index contributed by atoms with van der Waals surface area (Å²) in [5, 5.41) is 14.6. The number of para-hydroxylation sites is 1. The Kier molecular flexibility index (Phi) is 6.09. The predicted octanol–water partition coefficient (Wildman–Crippen LogP) is 15.1. The Hall–Kier alpha value is -7.16. The SMILES string of the molecule is c1ccc2c(c1)oc1cc3c(cc12)oc1ccc(-c2ccc4cc(-c5ccc(-c6ccc7c8ccccc8c8ccccc8c7c6)cc5)ccc4c2)cc13. The van der Waals surface area contributed by atoms with Crippen molar-refractivity contribution in [1.82, 2.24) is 0 Å². The number of fused-ring (bicyclic) bond motifs is 13. The minimum atomic E-state index is 0.875. The molecule has 0 aliphatic carbocycles. The Balaban J connectivity index is 0.870. The average Bonchev–Trinajstić information content (AvgIpc) is 3.79. The Morgan fingerprint density at radius 2 is 0.574 bits per heavy atom. The van der Waals surface area contributed by atoms with Crippen molar-refractivity contribution < 1.29 is 8.83 Å². The van der Waals surface area contributed by atoms with E-state index in [4.69, 9.17) is 8.83 Å². The van der Waals surface area contributed by atoms with Gasteiger partial charge in [0.2, 0.25) is 0 Å². The van der Waals surface area contributed by atoms with Gasteiger partial charge in [-0.25, -0.2) is 0 Å². The van der Waals surface area contributed by atoms with Gasteiger partial charge in [0.1, 0.15) is 22.3 Å². The summed E-state index contributed by atoms with van der Waals surface area (Å²) in [6.07, 6.45) is 0. The van der Waals surface area contributed by atoms with Gasteiger partial charge in [0.05, 0.1) is 0 Å². The third-order valence-corrected chi connectivity index (χ3v) is 11.4. The van der Waals surface area contributed by atoms with Crippen LogP contribution in [0.15, 0.2) is 191 Å². The molecule has 2 nitrogen and oxygen atoms in total. The lowest BCUT2D eigenvalue weighted by molar-refractivity contribution is 0.664. The zero-order valence-corrected chi connectivity index (χ0v) is 29.1. The van der Waals surface area contributed by atoms with Crippen molar-refractivity contribution in [2.45, 2.75) is 0 Å². The van der Waals surface area contributed by atoms with E-state index in [-0.39, 0.29) is 0 Å². The van der Waals surface area contributed by atoms with Crippen LogP contribution in [0, 0.1) is 0 Å². The predicted molar refractivity (Wildman–Crippen MR) is 227 cm³/mol. The second-order valence-electron chi connectivity index (χ2n) is 14.5. The summed E-state index contributed by atoms with van der Waals surface area (Å²) in [4.78, 5) is 0. The topological polar surface area (TPSA) is 26.3 Å². The van der Waals surface area contributed by atoms with Crippen LogP contribution in [0.1, 0.15) is 0 Å². The fraction of sp³-hybridized carbons (Fsp3) is 0. The monoisotopic (exact) mass is 686 g/mol. The van der Waals surface area contributed by atoms with Gasteiger partial charge in [0.25, 0.3) is 0 Å². The van der Waals surface area contributed by atoms with Gasteiger partial charge in [-0.05, 0) is 125 Å². The number of furan rings is 2. The minimum absolute atomic E-state index is 0.875. The Morgan fingerprint density at radius 3 is 1.20 bits per heavy atom. The van der Waals surface area contributed by atoms with Gasteiger partial charge in [-0.2, -0.15) is 0 Å². The standard InChI is InChI=1S/C52H30O2/c1-2-9-41-39(7-1)40-8-3-4-10-42(40)45-27-37(21-23-43(41)45)32-15-13-31(14-16-32)33-17-18-35-26-36(20-19-34(35)25-33)38-22-24-50-46(28-38)48-30-51-47(29-52(48)54-50)44-11-5-6-12-49(44)53-51/h1-30H. The first-order valence-electron chi connectivity index (χ1n) is 18.5. The highest BCUT2D eigenvalue weighted by atomic mass is 16.3. The van der Waals surface area contributed by atoms with Crippen molar-refractivity contribution in [3.63, 3.8) is 0 Å². The smallest absolute Gasteiger partial charge is 0.136 e. The van der Waals surface area contributed by atoms with Crippen LogP contribution < -0.4 is 0 Å². The zero-order chi connectivity index (χ0) is 35.3. The summed E-state index contributed by atoms with van der Waals surface area (Å²) in [7, 11) is 0. The van der Waals surface area contributed by atoms with Gasteiger partial charge in [0.15, 0.2) is 0 Å². The van der Waals surface area contributed by atoms with Gasteiger partial charge in [-0.15, -0.1) is 0 Å². The zero-order valence-electron chi connectivity index (χ0n) is 29.1. The molecule has 0 N–H and O–H groups in total. The summed E-state index contributed by atoms with van der Waals surface area (Å²) in [5.41, 5.74) is 10.7. The lowest BCUT2D eigenvalue weighted by Gasteiger charge is -2.12. The maximum atomic E-state index is 6.33. The van der Waals surface area contributed by atoms with Crippen LogP contribution in [-0.4, -0.2) is 0 Å². The van der Waals surface area contributed by atoms with Crippen LogP contribution in [0.4, 0.5) is 0 Å². The van der Waals surface area contributed by atoms with Gasteiger partial charge >= 0.3 is 0 Å². The molecule has 2 heterocycles. The molecule has 10 aromatic carbocycles. The molecule has 12 rings (SSSR count). The van der Waals surface area contributed by atoms with E-state index in [1.807, 2.05) is 18.2 Å². The average molecular weight is 687 g/mol. The van der Waals surface area contributed by atoms with Crippen LogP contribution in [0.2, 0.25) is 0 Å². The molecule has 0 atom stereocenters. The maximum absolute atomic E-state index is 6.33. The molecular formula is C52H30O2. The first kappa shape index (κ1) is 29.4. The highest BCUT2D eigenvalue weighted by Crippen LogP contribution is 2.40. The summed E-state index contributed by atoms with van der Waals surface area (Å²) in [6.45, 7) is 0. The summed E-state index contributed by atoms with van der Waals surface area (Å²) >= 11 is 0. The molecule has 0 aliphatic heterocycles. The van der Waals surface area contributed by atoms with Gasteiger partial charge in [-0.3, -0.25) is 0 Å². The second-order valence-corrected chi connectivity index (χ2v) is 14.5. The first-order valence-corrected chi connectivity index (χ1v) is 18.5. The maximum Gasteiger partial charge on any atom is 0.136 e.